The number of nitrogens with one attached hydrogen (secondary N) is 1. The van der Waals surface area contributed by atoms with E-state index in [0.717, 1.165) is 23.4 Å². The van der Waals surface area contributed by atoms with Crippen LogP contribution >= 0.6 is 0 Å². The highest BCUT2D eigenvalue weighted by Gasteiger charge is 2.41. The molecule has 1 aliphatic heterocycles. The molecule has 2 heterocycles. The molecule has 1 saturated heterocycles. The van der Waals surface area contributed by atoms with E-state index in [1.165, 1.54) is 4.90 Å². The van der Waals surface area contributed by atoms with Crippen molar-refractivity contribution in [2.75, 3.05) is 6.54 Å². The molecule has 10 nitrogen and oxygen atoms in total. The molecule has 3 rings (SSSR count). The lowest BCUT2D eigenvalue weighted by atomic mass is 10.0. The molecule has 1 aliphatic rings. The van der Waals surface area contributed by atoms with Gasteiger partial charge >= 0.3 is 0 Å². The molecule has 1 fully saturated rings. The molecule has 0 spiro atoms. The number of amides is 2. The van der Waals surface area contributed by atoms with E-state index in [9.17, 15) is 14.7 Å². The molecule has 0 unspecified atom stereocenters. The van der Waals surface area contributed by atoms with E-state index in [4.69, 9.17) is 5.53 Å². The van der Waals surface area contributed by atoms with Crippen molar-refractivity contribution in [3.8, 4) is 11.3 Å². The number of aliphatic hydroxyl groups excluding tert-OH is 1. The van der Waals surface area contributed by atoms with E-state index in [-0.39, 0.29) is 24.8 Å². The molecule has 170 valence electrons. The smallest absolute Gasteiger partial charge is 0.243 e. The summed E-state index contributed by atoms with van der Waals surface area (Å²) in [5, 5.41) is 20.8. The van der Waals surface area contributed by atoms with Gasteiger partial charge in [0.1, 0.15) is 12.1 Å². The number of β-amino-alcohol motifs (C(OH)–C–C–N with tert-alkyl or cyclic N) is 1. The molecule has 2 aromatic rings. The van der Waals surface area contributed by atoms with Gasteiger partial charge in [-0.15, -0.1) is 0 Å². The van der Waals surface area contributed by atoms with Gasteiger partial charge in [0.15, 0.2) is 0 Å². The number of likely N-dealkylation sites (tertiary alicyclic amines) is 1. The maximum absolute atomic E-state index is 12.9. The van der Waals surface area contributed by atoms with Crippen LogP contribution in [0.3, 0.4) is 0 Å². The molecule has 32 heavy (non-hydrogen) atoms. The number of benzene rings is 1. The first kappa shape index (κ1) is 23.3. The van der Waals surface area contributed by atoms with E-state index < -0.39 is 24.1 Å². The lowest BCUT2D eigenvalue weighted by Gasteiger charge is -2.27. The predicted octanol–water partition coefficient (Wildman–Crippen LogP) is 2.48. The van der Waals surface area contributed by atoms with Gasteiger partial charge in [0.05, 0.1) is 11.8 Å². The van der Waals surface area contributed by atoms with Crippen LogP contribution in [0.2, 0.25) is 0 Å². The average molecular weight is 440 g/mol. The molecule has 0 saturated carbocycles. The summed E-state index contributed by atoms with van der Waals surface area (Å²) in [5.74, 6) is -1.000. The van der Waals surface area contributed by atoms with Crippen LogP contribution in [0.1, 0.15) is 32.8 Å². The number of hydrogen-bond donors (Lipinski definition) is 2. The van der Waals surface area contributed by atoms with Gasteiger partial charge < -0.3 is 15.3 Å². The minimum absolute atomic E-state index is 0.0426. The van der Waals surface area contributed by atoms with Crippen LogP contribution in [0.4, 0.5) is 0 Å². The first-order valence-corrected chi connectivity index (χ1v) is 10.8. The van der Waals surface area contributed by atoms with Gasteiger partial charge in [-0.1, -0.05) is 43.2 Å². The van der Waals surface area contributed by atoms with E-state index in [0.29, 0.717) is 6.54 Å². The monoisotopic (exact) mass is 439 g/mol. The SMILES string of the molecule is CCn1nccc1-c1ccc(CNC(=O)[C@@H]2C[C@@H](O)CN2C(=O)[C@@H](N=[N+]=[N-])C(C)C)cc1. The summed E-state index contributed by atoms with van der Waals surface area (Å²) in [6, 6.07) is 8.07. The normalized spacial score (nSPS) is 19.0. The number of aromatic nitrogens is 2. The summed E-state index contributed by atoms with van der Waals surface area (Å²) in [5.41, 5.74) is 11.8. The van der Waals surface area contributed by atoms with Gasteiger partial charge in [0.2, 0.25) is 11.8 Å². The molecule has 3 atom stereocenters. The van der Waals surface area contributed by atoms with Crippen LogP contribution in [0.5, 0.6) is 0 Å². The standard InChI is InChI=1S/C22H29N7O3/c1-4-29-18(9-10-25-29)16-7-5-15(6-8-16)12-24-21(31)19-11-17(30)13-28(19)22(32)20(14(2)3)26-27-23/h5-10,14,17,19-20,30H,4,11-13H2,1-3H3,(H,24,31)/t17-,19+,20+/m1/s1. The van der Waals surface area contributed by atoms with Crippen molar-refractivity contribution in [3.05, 3.63) is 52.5 Å². The predicted molar refractivity (Wildman–Crippen MR) is 119 cm³/mol. The Morgan fingerprint density at radius 1 is 1.31 bits per heavy atom. The van der Waals surface area contributed by atoms with Crippen molar-refractivity contribution in [1.29, 1.82) is 0 Å². The van der Waals surface area contributed by atoms with Gasteiger partial charge in [-0.3, -0.25) is 14.3 Å². The fourth-order valence-electron chi connectivity index (χ4n) is 3.93. The second kappa shape index (κ2) is 10.3. The Hall–Kier alpha value is -3.36. The van der Waals surface area contributed by atoms with E-state index in [2.05, 4.69) is 20.4 Å². The summed E-state index contributed by atoms with van der Waals surface area (Å²) < 4.78 is 1.91. The van der Waals surface area contributed by atoms with Crippen LogP contribution < -0.4 is 5.32 Å². The number of nitrogens with zero attached hydrogens (tertiary/aromatic N) is 6. The Balaban J connectivity index is 1.65. The number of hydrogen-bond acceptors (Lipinski definition) is 5. The third kappa shape index (κ3) is 5.09. The van der Waals surface area contributed by atoms with Crippen molar-refractivity contribution >= 4 is 11.8 Å². The molecule has 0 bridgehead atoms. The quantitative estimate of drug-likeness (QED) is 0.371. The molecule has 0 radical (unpaired) electrons. The summed E-state index contributed by atoms with van der Waals surface area (Å²) in [6.45, 7) is 6.70. The number of aliphatic hydroxyl groups is 1. The first-order valence-electron chi connectivity index (χ1n) is 10.8. The molecule has 1 aromatic carbocycles. The summed E-state index contributed by atoms with van der Waals surface area (Å²) in [4.78, 5) is 29.8. The van der Waals surface area contributed by atoms with E-state index in [1.807, 2.05) is 41.9 Å². The minimum atomic E-state index is -0.912. The highest BCUT2D eigenvalue weighted by atomic mass is 16.3. The third-order valence-corrected chi connectivity index (χ3v) is 5.66. The van der Waals surface area contributed by atoms with Gasteiger partial charge in [-0.05, 0) is 35.6 Å². The van der Waals surface area contributed by atoms with Crippen LogP contribution in [-0.4, -0.2) is 56.3 Å². The lowest BCUT2D eigenvalue weighted by Crippen LogP contribution is -2.49. The number of carbonyl (C=O) groups is 2. The second-order valence-corrected chi connectivity index (χ2v) is 8.24. The zero-order chi connectivity index (χ0) is 23.3. The van der Waals surface area contributed by atoms with Crippen molar-refractivity contribution < 1.29 is 14.7 Å². The van der Waals surface area contributed by atoms with Gasteiger partial charge in [0.25, 0.3) is 0 Å². The van der Waals surface area contributed by atoms with E-state index in [1.54, 1.807) is 20.0 Å². The molecule has 10 heteroatoms. The Bertz CT molecular complexity index is 995. The number of carbonyl (C=O) groups excluding carboxylic acids is 2. The third-order valence-electron chi connectivity index (χ3n) is 5.66. The van der Waals surface area contributed by atoms with Gasteiger partial charge in [-0.25, -0.2) is 0 Å². The summed E-state index contributed by atoms with van der Waals surface area (Å²) in [6.07, 6.45) is 1.12. The molecule has 0 aliphatic carbocycles. The molecular formula is C22H29N7O3. The highest BCUT2D eigenvalue weighted by Crippen LogP contribution is 2.23. The fourth-order valence-corrected chi connectivity index (χ4v) is 3.93. The van der Waals surface area contributed by atoms with Gasteiger partial charge in [-0.2, -0.15) is 5.10 Å². The van der Waals surface area contributed by atoms with Crippen molar-refractivity contribution in [1.82, 2.24) is 20.0 Å². The van der Waals surface area contributed by atoms with Crippen LogP contribution in [-0.2, 0) is 22.7 Å². The van der Waals surface area contributed by atoms with Crippen molar-refractivity contribution in [3.63, 3.8) is 0 Å². The molecular weight excluding hydrogens is 410 g/mol. The van der Waals surface area contributed by atoms with Crippen LogP contribution in [0, 0.1) is 5.92 Å². The lowest BCUT2D eigenvalue weighted by molar-refractivity contribution is -0.140. The number of azide groups is 1. The van der Waals surface area contributed by atoms with Crippen LogP contribution in [0.25, 0.3) is 21.7 Å². The largest absolute Gasteiger partial charge is 0.391 e. The Morgan fingerprint density at radius 3 is 2.66 bits per heavy atom. The number of rotatable bonds is 8. The van der Waals surface area contributed by atoms with Crippen molar-refractivity contribution in [2.45, 2.75) is 58.5 Å². The molecule has 2 N–H and O–H groups in total. The summed E-state index contributed by atoms with van der Waals surface area (Å²) in [7, 11) is 0. The Labute approximate surface area is 186 Å². The summed E-state index contributed by atoms with van der Waals surface area (Å²) >= 11 is 0. The fraction of sp³-hybridized carbons (Fsp3) is 0.500. The zero-order valence-corrected chi connectivity index (χ0v) is 18.5. The molecule has 1 aromatic heterocycles. The topological polar surface area (TPSA) is 136 Å². The minimum Gasteiger partial charge on any atom is -0.391 e. The maximum atomic E-state index is 12.9. The average Bonchev–Trinajstić information content (AvgIpc) is 3.42. The van der Waals surface area contributed by atoms with Crippen LogP contribution in [0.15, 0.2) is 41.6 Å². The number of aryl methyl sites for hydroxylation is 1. The van der Waals surface area contributed by atoms with Crippen molar-refractivity contribution in [2.24, 2.45) is 11.0 Å². The zero-order valence-electron chi connectivity index (χ0n) is 18.5. The molecule has 2 amide bonds. The second-order valence-electron chi connectivity index (χ2n) is 8.24. The Kier molecular flexibility index (Phi) is 7.50. The van der Waals surface area contributed by atoms with Gasteiger partial charge in [0, 0.05) is 37.2 Å². The highest BCUT2D eigenvalue weighted by molar-refractivity contribution is 5.90. The first-order chi connectivity index (χ1) is 15.3. The van der Waals surface area contributed by atoms with E-state index >= 15 is 0 Å². The maximum Gasteiger partial charge on any atom is 0.243 e. The Morgan fingerprint density at radius 2 is 2.03 bits per heavy atom.